The van der Waals surface area contributed by atoms with Crippen molar-refractivity contribution in [2.75, 3.05) is 18.1 Å². The summed E-state index contributed by atoms with van der Waals surface area (Å²) in [6.45, 7) is 2.74. The van der Waals surface area contributed by atoms with E-state index in [0.29, 0.717) is 26.0 Å². The van der Waals surface area contributed by atoms with Crippen LogP contribution in [0.25, 0.3) is 0 Å². The Labute approximate surface area is 112 Å². The van der Waals surface area contributed by atoms with Crippen LogP contribution in [-0.4, -0.2) is 31.2 Å². The highest BCUT2D eigenvalue weighted by Gasteiger charge is 2.31. The van der Waals surface area contributed by atoms with Crippen molar-refractivity contribution >= 4 is 17.7 Å². The molecule has 2 amide bonds. The number of ether oxygens (including phenoxy) is 1. The maximum Gasteiger partial charge on any atom is 0.322 e. The Kier molecular flexibility index (Phi) is 4.39. The lowest BCUT2D eigenvalue weighted by molar-refractivity contribution is -0.143. The second-order valence-electron chi connectivity index (χ2n) is 4.39. The summed E-state index contributed by atoms with van der Waals surface area (Å²) in [5.74, 6) is -0.213. The molecule has 0 aromatic heterocycles. The molecule has 1 aliphatic rings. The number of esters is 1. The molecule has 1 aromatic rings. The van der Waals surface area contributed by atoms with Gasteiger partial charge in [0.2, 0.25) is 0 Å². The van der Waals surface area contributed by atoms with Crippen LogP contribution in [0.15, 0.2) is 30.3 Å². The highest BCUT2D eigenvalue weighted by Crippen LogP contribution is 2.22. The third-order valence-electron chi connectivity index (χ3n) is 3.09. The molecule has 0 spiro atoms. The van der Waals surface area contributed by atoms with Crippen LogP contribution in [0.2, 0.25) is 0 Å². The SMILES string of the molecule is CCOC(=O)CCC1CNC(=O)N1c1ccccc1. The van der Waals surface area contributed by atoms with Crippen molar-refractivity contribution in [3.8, 4) is 0 Å². The van der Waals surface area contributed by atoms with Gasteiger partial charge < -0.3 is 10.1 Å². The summed E-state index contributed by atoms with van der Waals surface area (Å²) in [5, 5.41) is 2.81. The van der Waals surface area contributed by atoms with Gasteiger partial charge in [0, 0.05) is 18.7 Å². The molecular formula is C14H18N2O3. The van der Waals surface area contributed by atoms with Gasteiger partial charge in [-0.1, -0.05) is 18.2 Å². The van der Waals surface area contributed by atoms with Gasteiger partial charge in [0.25, 0.3) is 0 Å². The largest absolute Gasteiger partial charge is 0.466 e. The maximum absolute atomic E-state index is 11.9. The summed E-state index contributed by atoms with van der Waals surface area (Å²) >= 11 is 0. The second kappa shape index (κ2) is 6.22. The molecule has 5 heteroatoms. The molecule has 2 rings (SSSR count). The van der Waals surface area contributed by atoms with Crippen LogP contribution in [0, 0.1) is 0 Å². The smallest absolute Gasteiger partial charge is 0.322 e. The average Bonchev–Trinajstić information content (AvgIpc) is 2.79. The molecule has 1 N–H and O–H groups in total. The predicted molar refractivity (Wildman–Crippen MR) is 72.0 cm³/mol. The average molecular weight is 262 g/mol. The fourth-order valence-corrected chi connectivity index (χ4v) is 2.21. The van der Waals surface area contributed by atoms with E-state index in [9.17, 15) is 9.59 Å². The van der Waals surface area contributed by atoms with Gasteiger partial charge in [-0.2, -0.15) is 0 Å². The summed E-state index contributed by atoms with van der Waals surface area (Å²) in [7, 11) is 0. The molecular weight excluding hydrogens is 244 g/mol. The van der Waals surface area contributed by atoms with Crippen LogP contribution in [0.3, 0.4) is 0 Å². The maximum atomic E-state index is 11.9. The number of nitrogens with zero attached hydrogens (tertiary/aromatic N) is 1. The first kappa shape index (κ1) is 13.4. The zero-order chi connectivity index (χ0) is 13.7. The third kappa shape index (κ3) is 3.24. The Morgan fingerprint density at radius 2 is 2.16 bits per heavy atom. The van der Waals surface area contributed by atoms with Crippen LogP contribution in [0.1, 0.15) is 19.8 Å². The monoisotopic (exact) mass is 262 g/mol. The molecule has 0 radical (unpaired) electrons. The molecule has 0 bridgehead atoms. The molecule has 1 atom stereocenters. The molecule has 1 aliphatic heterocycles. The minimum Gasteiger partial charge on any atom is -0.466 e. The van der Waals surface area contributed by atoms with E-state index in [1.807, 2.05) is 30.3 Å². The standard InChI is InChI=1S/C14H18N2O3/c1-2-19-13(17)9-8-12-10-15-14(18)16(12)11-6-4-3-5-7-11/h3-7,12H,2,8-10H2,1H3,(H,15,18). The summed E-state index contributed by atoms with van der Waals surface area (Å²) in [5.41, 5.74) is 0.853. The molecule has 1 saturated heterocycles. The molecule has 0 aliphatic carbocycles. The van der Waals surface area contributed by atoms with Gasteiger partial charge in [0.15, 0.2) is 0 Å². The van der Waals surface area contributed by atoms with Gasteiger partial charge in [0.05, 0.1) is 12.6 Å². The lowest BCUT2D eigenvalue weighted by atomic mass is 10.1. The number of amides is 2. The fourth-order valence-electron chi connectivity index (χ4n) is 2.21. The van der Waals surface area contributed by atoms with Gasteiger partial charge in [-0.05, 0) is 25.5 Å². The van der Waals surface area contributed by atoms with Crippen molar-refractivity contribution in [3.63, 3.8) is 0 Å². The quantitative estimate of drug-likeness (QED) is 0.825. The Bertz CT molecular complexity index is 447. The van der Waals surface area contributed by atoms with E-state index in [2.05, 4.69) is 5.32 Å². The lowest BCUT2D eigenvalue weighted by Gasteiger charge is -2.22. The Morgan fingerprint density at radius 3 is 2.84 bits per heavy atom. The van der Waals surface area contributed by atoms with Gasteiger partial charge in [-0.15, -0.1) is 0 Å². The van der Waals surface area contributed by atoms with Crippen molar-refractivity contribution in [1.29, 1.82) is 0 Å². The normalized spacial score (nSPS) is 18.3. The number of carbonyl (C=O) groups excluding carboxylic acids is 2. The Morgan fingerprint density at radius 1 is 1.42 bits per heavy atom. The van der Waals surface area contributed by atoms with Crippen LogP contribution >= 0.6 is 0 Å². The van der Waals surface area contributed by atoms with Crippen molar-refractivity contribution < 1.29 is 14.3 Å². The number of rotatable bonds is 5. The van der Waals surface area contributed by atoms with Crippen molar-refractivity contribution in [2.45, 2.75) is 25.8 Å². The van der Waals surface area contributed by atoms with Crippen LogP contribution < -0.4 is 10.2 Å². The van der Waals surface area contributed by atoms with E-state index in [0.717, 1.165) is 5.69 Å². The zero-order valence-corrected chi connectivity index (χ0v) is 11.0. The van der Waals surface area contributed by atoms with Crippen LogP contribution in [0.4, 0.5) is 10.5 Å². The molecule has 0 saturated carbocycles. The number of para-hydroxylation sites is 1. The summed E-state index contributed by atoms with van der Waals surface area (Å²) in [6, 6.07) is 9.36. The topological polar surface area (TPSA) is 58.6 Å². The number of urea groups is 1. The van der Waals surface area contributed by atoms with E-state index >= 15 is 0 Å². The summed E-state index contributed by atoms with van der Waals surface area (Å²) in [6.07, 6.45) is 0.934. The second-order valence-corrected chi connectivity index (χ2v) is 4.39. The molecule has 5 nitrogen and oxygen atoms in total. The predicted octanol–water partition coefficient (Wildman–Crippen LogP) is 1.93. The van der Waals surface area contributed by atoms with E-state index in [-0.39, 0.29) is 18.0 Å². The zero-order valence-electron chi connectivity index (χ0n) is 11.0. The number of anilines is 1. The number of nitrogens with one attached hydrogen (secondary N) is 1. The van der Waals surface area contributed by atoms with Crippen molar-refractivity contribution in [3.05, 3.63) is 30.3 Å². The van der Waals surface area contributed by atoms with E-state index in [1.165, 1.54) is 0 Å². The number of benzene rings is 1. The minimum absolute atomic E-state index is 0.000642. The molecule has 1 heterocycles. The van der Waals surface area contributed by atoms with Gasteiger partial charge in [-0.3, -0.25) is 9.69 Å². The summed E-state index contributed by atoms with van der Waals surface area (Å²) < 4.78 is 4.91. The number of hydrogen-bond acceptors (Lipinski definition) is 3. The van der Waals surface area contributed by atoms with Crippen molar-refractivity contribution in [1.82, 2.24) is 5.32 Å². The van der Waals surface area contributed by atoms with E-state index < -0.39 is 0 Å². The molecule has 1 unspecified atom stereocenters. The molecule has 1 fully saturated rings. The first-order valence-corrected chi connectivity index (χ1v) is 6.50. The molecule has 102 valence electrons. The van der Waals surface area contributed by atoms with Gasteiger partial charge in [-0.25, -0.2) is 4.79 Å². The fraction of sp³-hybridized carbons (Fsp3) is 0.429. The van der Waals surface area contributed by atoms with Crippen LogP contribution in [-0.2, 0) is 9.53 Å². The Hall–Kier alpha value is -2.04. The summed E-state index contributed by atoms with van der Waals surface area (Å²) in [4.78, 5) is 24.9. The first-order chi connectivity index (χ1) is 9.22. The molecule has 1 aromatic carbocycles. The van der Waals surface area contributed by atoms with E-state index in [4.69, 9.17) is 4.74 Å². The minimum atomic E-state index is -0.213. The van der Waals surface area contributed by atoms with Gasteiger partial charge >= 0.3 is 12.0 Å². The van der Waals surface area contributed by atoms with E-state index in [1.54, 1.807) is 11.8 Å². The van der Waals surface area contributed by atoms with Crippen LogP contribution in [0.5, 0.6) is 0 Å². The highest BCUT2D eigenvalue weighted by molar-refractivity contribution is 5.95. The van der Waals surface area contributed by atoms with Gasteiger partial charge in [0.1, 0.15) is 0 Å². The highest BCUT2D eigenvalue weighted by atomic mass is 16.5. The number of carbonyl (C=O) groups is 2. The molecule has 19 heavy (non-hydrogen) atoms. The third-order valence-corrected chi connectivity index (χ3v) is 3.09. The number of hydrogen-bond donors (Lipinski definition) is 1. The first-order valence-electron chi connectivity index (χ1n) is 6.50. The van der Waals surface area contributed by atoms with Crippen molar-refractivity contribution in [2.24, 2.45) is 0 Å². The Balaban J connectivity index is 2.00. The lowest BCUT2D eigenvalue weighted by Crippen LogP contribution is -2.34.